The maximum atomic E-state index is 6.13. The van der Waals surface area contributed by atoms with Gasteiger partial charge in [-0.25, -0.2) is 0 Å². The second-order valence-corrected chi connectivity index (χ2v) is 9.89. The molecule has 0 N–H and O–H groups in total. The SMILES string of the molecule is Cc1csc(C(c2ccc(OCCN3CCCC3)cc2C)c2cccc3ccccc23)c1. The monoisotopic (exact) mass is 441 g/mol. The van der Waals surface area contributed by atoms with Gasteiger partial charge in [-0.05, 0) is 96.4 Å². The lowest BCUT2D eigenvalue weighted by Gasteiger charge is -2.22. The van der Waals surface area contributed by atoms with Crippen molar-refractivity contribution in [2.45, 2.75) is 32.6 Å². The Morgan fingerprint density at radius 2 is 1.72 bits per heavy atom. The van der Waals surface area contributed by atoms with Crippen molar-refractivity contribution >= 4 is 22.1 Å². The van der Waals surface area contributed by atoms with Crippen LogP contribution in [0.15, 0.2) is 72.1 Å². The second-order valence-electron chi connectivity index (χ2n) is 8.94. The van der Waals surface area contributed by atoms with Crippen molar-refractivity contribution in [3.05, 3.63) is 99.2 Å². The van der Waals surface area contributed by atoms with E-state index in [-0.39, 0.29) is 5.92 Å². The average molecular weight is 442 g/mol. The molecule has 0 saturated carbocycles. The molecule has 0 aliphatic carbocycles. The molecule has 0 bridgehead atoms. The van der Waals surface area contributed by atoms with Gasteiger partial charge in [-0.15, -0.1) is 11.3 Å². The van der Waals surface area contributed by atoms with Crippen LogP contribution >= 0.6 is 11.3 Å². The van der Waals surface area contributed by atoms with Crippen LogP contribution < -0.4 is 4.74 Å². The van der Waals surface area contributed by atoms with Crippen LogP contribution in [0.25, 0.3) is 10.8 Å². The predicted molar refractivity (Wildman–Crippen MR) is 136 cm³/mol. The molecule has 5 rings (SSSR count). The Bertz CT molecular complexity index is 1200. The van der Waals surface area contributed by atoms with E-state index in [1.807, 2.05) is 11.3 Å². The Kier molecular flexibility index (Phi) is 6.29. The molecule has 1 aliphatic rings. The van der Waals surface area contributed by atoms with Crippen molar-refractivity contribution in [2.24, 2.45) is 0 Å². The molecule has 1 aromatic heterocycles. The van der Waals surface area contributed by atoms with E-state index in [2.05, 4.69) is 90.9 Å². The van der Waals surface area contributed by atoms with E-state index in [9.17, 15) is 0 Å². The molecule has 1 unspecified atom stereocenters. The Hall–Kier alpha value is -2.62. The highest BCUT2D eigenvalue weighted by atomic mass is 32.1. The van der Waals surface area contributed by atoms with E-state index in [1.165, 1.54) is 63.8 Å². The van der Waals surface area contributed by atoms with Gasteiger partial charge in [0, 0.05) is 17.3 Å². The van der Waals surface area contributed by atoms with E-state index in [4.69, 9.17) is 4.74 Å². The highest BCUT2D eigenvalue weighted by Crippen LogP contribution is 2.40. The first-order chi connectivity index (χ1) is 15.7. The van der Waals surface area contributed by atoms with Crippen LogP contribution in [0.1, 0.15) is 45.9 Å². The number of hydrogen-bond donors (Lipinski definition) is 0. The largest absolute Gasteiger partial charge is 0.492 e. The predicted octanol–water partition coefficient (Wildman–Crippen LogP) is 7.17. The Labute approximate surface area is 195 Å². The third kappa shape index (κ3) is 4.46. The fourth-order valence-electron chi connectivity index (χ4n) is 4.94. The fourth-order valence-corrected chi connectivity index (χ4v) is 5.98. The zero-order chi connectivity index (χ0) is 21.9. The third-order valence-corrected chi connectivity index (χ3v) is 7.71. The van der Waals surface area contributed by atoms with Crippen LogP contribution in [-0.2, 0) is 0 Å². The smallest absolute Gasteiger partial charge is 0.119 e. The summed E-state index contributed by atoms with van der Waals surface area (Å²) in [4.78, 5) is 3.89. The molecule has 3 aromatic carbocycles. The van der Waals surface area contributed by atoms with E-state index >= 15 is 0 Å². The third-order valence-electron chi connectivity index (χ3n) is 6.60. The maximum Gasteiger partial charge on any atom is 0.119 e. The molecule has 32 heavy (non-hydrogen) atoms. The van der Waals surface area contributed by atoms with Gasteiger partial charge in [0.1, 0.15) is 12.4 Å². The molecule has 2 nitrogen and oxygen atoms in total. The van der Waals surface area contributed by atoms with Crippen molar-refractivity contribution in [3.8, 4) is 5.75 Å². The van der Waals surface area contributed by atoms with Crippen LogP contribution in [0, 0.1) is 13.8 Å². The van der Waals surface area contributed by atoms with Gasteiger partial charge >= 0.3 is 0 Å². The van der Waals surface area contributed by atoms with E-state index in [1.54, 1.807) is 0 Å². The summed E-state index contributed by atoms with van der Waals surface area (Å²) in [6.07, 6.45) is 2.65. The molecule has 164 valence electrons. The lowest BCUT2D eigenvalue weighted by molar-refractivity contribution is 0.237. The van der Waals surface area contributed by atoms with Crippen molar-refractivity contribution in [2.75, 3.05) is 26.2 Å². The number of likely N-dealkylation sites (tertiary alicyclic amines) is 1. The van der Waals surface area contributed by atoms with E-state index < -0.39 is 0 Å². The fraction of sp³-hybridized carbons (Fsp3) is 0.310. The topological polar surface area (TPSA) is 12.5 Å². The molecular formula is C29H31NOS. The molecule has 0 spiro atoms. The average Bonchev–Trinajstić information content (AvgIpc) is 3.47. The molecule has 1 atom stereocenters. The van der Waals surface area contributed by atoms with E-state index in [0.29, 0.717) is 0 Å². The van der Waals surface area contributed by atoms with Gasteiger partial charge in [0.2, 0.25) is 0 Å². The molecule has 3 heteroatoms. The van der Waals surface area contributed by atoms with Crippen LogP contribution in [0.2, 0.25) is 0 Å². The number of rotatable bonds is 7. The van der Waals surface area contributed by atoms with Crippen molar-refractivity contribution in [1.82, 2.24) is 4.90 Å². The standard InChI is InChI=1S/C29H31NOS/c1-21-18-28(32-20-21)29(27-11-7-9-23-8-3-4-10-26(23)27)25-13-12-24(19-22(25)2)31-17-16-30-14-5-6-15-30/h3-4,7-13,18-20,29H,5-6,14-17H2,1-2H3. The van der Waals surface area contributed by atoms with Crippen molar-refractivity contribution in [1.29, 1.82) is 0 Å². The van der Waals surface area contributed by atoms with Gasteiger partial charge in [0.15, 0.2) is 0 Å². The number of hydrogen-bond acceptors (Lipinski definition) is 3. The first kappa shape index (κ1) is 21.2. The summed E-state index contributed by atoms with van der Waals surface area (Å²) in [7, 11) is 0. The number of benzene rings is 3. The summed E-state index contributed by atoms with van der Waals surface area (Å²) in [5.41, 5.74) is 5.34. The molecule has 2 heterocycles. The van der Waals surface area contributed by atoms with Crippen LogP contribution in [-0.4, -0.2) is 31.1 Å². The van der Waals surface area contributed by atoms with Crippen LogP contribution in [0.5, 0.6) is 5.75 Å². The quantitative estimate of drug-likeness (QED) is 0.301. The highest BCUT2D eigenvalue weighted by Gasteiger charge is 2.22. The summed E-state index contributed by atoms with van der Waals surface area (Å²) < 4.78 is 6.13. The number of aryl methyl sites for hydroxylation is 2. The second kappa shape index (κ2) is 9.48. The summed E-state index contributed by atoms with van der Waals surface area (Å²) in [6.45, 7) is 8.62. The zero-order valence-electron chi connectivity index (χ0n) is 19.0. The molecule has 4 aromatic rings. The van der Waals surface area contributed by atoms with Gasteiger partial charge in [0.05, 0.1) is 0 Å². The van der Waals surface area contributed by atoms with Crippen molar-refractivity contribution < 1.29 is 4.74 Å². The highest BCUT2D eigenvalue weighted by molar-refractivity contribution is 7.10. The zero-order valence-corrected chi connectivity index (χ0v) is 19.8. The van der Waals surface area contributed by atoms with E-state index in [0.717, 1.165) is 18.9 Å². The summed E-state index contributed by atoms with van der Waals surface area (Å²) in [5, 5.41) is 4.89. The van der Waals surface area contributed by atoms with Crippen molar-refractivity contribution in [3.63, 3.8) is 0 Å². The first-order valence-electron chi connectivity index (χ1n) is 11.7. The maximum absolute atomic E-state index is 6.13. The van der Waals surface area contributed by atoms with Gasteiger partial charge in [-0.3, -0.25) is 4.90 Å². The number of nitrogens with zero attached hydrogens (tertiary/aromatic N) is 1. The van der Waals surface area contributed by atoms with Crippen LogP contribution in [0.3, 0.4) is 0 Å². The molecule has 0 amide bonds. The lowest BCUT2D eigenvalue weighted by atomic mass is 9.84. The first-order valence-corrected chi connectivity index (χ1v) is 12.6. The van der Waals surface area contributed by atoms with Gasteiger partial charge in [0.25, 0.3) is 0 Å². The minimum absolute atomic E-state index is 0.221. The Balaban J connectivity index is 1.48. The molecule has 0 radical (unpaired) electrons. The summed E-state index contributed by atoms with van der Waals surface area (Å²) >= 11 is 1.86. The molecule has 1 fully saturated rings. The molecule has 1 aliphatic heterocycles. The number of ether oxygens (including phenoxy) is 1. The number of thiophene rings is 1. The molecule has 1 saturated heterocycles. The number of fused-ring (bicyclic) bond motifs is 1. The summed E-state index contributed by atoms with van der Waals surface area (Å²) in [6, 6.07) is 24.4. The Morgan fingerprint density at radius 1 is 0.906 bits per heavy atom. The van der Waals surface area contributed by atoms with Gasteiger partial charge in [-0.2, -0.15) is 0 Å². The van der Waals surface area contributed by atoms with Crippen LogP contribution in [0.4, 0.5) is 0 Å². The van der Waals surface area contributed by atoms with Gasteiger partial charge in [-0.1, -0.05) is 48.5 Å². The summed E-state index contributed by atoms with van der Waals surface area (Å²) in [5.74, 6) is 1.20. The lowest BCUT2D eigenvalue weighted by Crippen LogP contribution is -2.25. The minimum Gasteiger partial charge on any atom is -0.492 e. The Morgan fingerprint density at radius 3 is 2.50 bits per heavy atom. The van der Waals surface area contributed by atoms with Gasteiger partial charge < -0.3 is 4.74 Å². The molecular weight excluding hydrogens is 410 g/mol. The minimum atomic E-state index is 0.221. The normalized spacial score (nSPS) is 15.3.